The Morgan fingerprint density at radius 3 is 1.19 bits per heavy atom. The molecule has 0 aliphatic carbocycles. The lowest BCUT2D eigenvalue weighted by Crippen LogP contribution is -2.50. The Bertz CT molecular complexity index is 1800. The van der Waals surface area contributed by atoms with E-state index in [9.17, 15) is 67.1 Å². The normalized spacial score (nSPS) is 14.1. The fourth-order valence-corrected chi connectivity index (χ4v) is 8.64. The van der Waals surface area contributed by atoms with E-state index >= 15 is 0 Å². The van der Waals surface area contributed by atoms with Crippen LogP contribution in [0.15, 0.2) is 0 Å². The molecular weight excluding hydrogens is 1010 g/mol. The number of hydrogen-bond acceptors (Lipinski definition) is 19. The summed E-state index contributed by atoms with van der Waals surface area (Å²) in [7, 11) is 0. The van der Waals surface area contributed by atoms with Crippen LogP contribution in [0, 0.1) is 11.8 Å². The molecule has 0 aromatic heterocycles. The summed E-state index contributed by atoms with van der Waals surface area (Å²) in [5, 5.41) is 2.94. The highest BCUT2D eigenvalue weighted by atomic mass is 32.2. The largest absolute Gasteiger partial charge is 0.344 e. The predicted molar refractivity (Wildman–Crippen MR) is 274 cm³/mol. The molecule has 2 fully saturated rings. The third-order valence-corrected chi connectivity index (χ3v) is 13.7. The number of nitrogens with one attached hydrogen (secondary N) is 1. The second-order valence-corrected chi connectivity index (χ2v) is 18.8. The first-order valence-electron chi connectivity index (χ1n) is 24.8. The van der Waals surface area contributed by atoms with Crippen molar-refractivity contribution in [1.29, 1.82) is 0 Å². The highest BCUT2D eigenvalue weighted by molar-refractivity contribution is 8.14. The van der Waals surface area contributed by atoms with E-state index in [4.69, 9.17) is 0 Å². The Morgan fingerprint density at radius 2 is 0.849 bits per heavy atom. The van der Waals surface area contributed by atoms with Crippen molar-refractivity contribution in [2.45, 2.75) is 152 Å². The molecule has 22 nitrogen and oxygen atoms in total. The van der Waals surface area contributed by atoms with E-state index in [1.807, 2.05) is 48.5 Å². The molecule has 2 saturated heterocycles. The molecule has 2 aliphatic heterocycles. The van der Waals surface area contributed by atoms with Crippen LogP contribution in [0.5, 0.6) is 0 Å². The van der Waals surface area contributed by atoms with Crippen molar-refractivity contribution in [2.24, 2.45) is 11.8 Å². The molecular formula is C48H76N6O16S3. The number of rotatable bonds is 30. The van der Waals surface area contributed by atoms with Crippen molar-refractivity contribution in [3.05, 3.63) is 0 Å². The smallest absolute Gasteiger partial charge is 0.333 e. The topological polar surface area (TPSA) is 286 Å². The zero-order chi connectivity index (χ0) is 55.8. The van der Waals surface area contributed by atoms with Gasteiger partial charge in [-0.15, -0.1) is 10.1 Å². The Labute approximate surface area is 442 Å². The number of likely N-dealkylation sites (N-methyl/N-ethyl adjacent to an activating group) is 1. The van der Waals surface area contributed by atoms with Crippen LogP contribution in [-0.2, 0) is 76.8 Å². The molecule has 8 amide bonds. The first kappa shape index (κ1) is 67.8. The number of thiol groups is 1. The summed E-state index contributed by atoms with van der Waals surface area (Å²) in [6.07, 6.45) is 0.418. The van der Waals surface area contributed by atoms with Crippen molar-refractivity contribution in [3.63, 3.8) is 0 Å². The lowest BCUT2D eigenvalue weighted by molar-refractivity contribution is -0.201. The quantitative estimate of drug-likeness (QED) is 0.0767. The summed E-state index contributed by atoms with van der Waals surface area (Å²) >= 11 is 6.05. The standard InChI is InChI=1S/C25H43N3O6S2.C12H12N2O8.C11H21NO2S/c1-7-19(29)15-18(24(33)27(9-3)10-4)16-35-22(31)13-14-23(32)36-17-20(26-21(30)8-2)25(34)28(11-5)12-6;15-7-1-2-8(16)13(7)21-11(19)5-6-12(20)22-14-9(17)3-4-10(14)18;1-4-10(13)7-9(8-15)11(14)12(5-2)6-3/h18,20H,7-17H2,1-6H3,(H,26,30);1-6H2;9,15H,4-8H2,1-3H3/t18-,20-;;9-/m0.0/s1. The first-order valence-corrected chi connectivity index (χ1v) is 27.4. The molecule has 2 heterocycles. The molecule has 73 heavy (non-hydrogen) atoms. The molecule has 25 heteroatoms. The molecule has 1 N–H and O–H groups in total. The van der Waals surface area contributed by atoms with E-state index < -0.39 is 60.4 Å². The predicted octanol–water partition coefficient (Wildman–Crippen LogP) is 3.65. The summed E-state index contributed by atoms with van der Waals surface area (Å²) in [6, 6.07) is -0.806. The highest BCUT2D eigenvalue weighted by Gasteiger charge is 2.35. The van der Waals surface area contributed by atoms with Gasteiger partial charge in [-0.25, -0.2) is 9.59 Å². The van der Waals surface area contributed by atoms with Gasteiger partial charge in [0.2, 0.25) is 23.6 Å². The SMILES string of the molecule is CCC(=O)C[C@@H](CS)C(=O)N(CC)CC.CCC(=O)C[C@@H](CSC(=O)CCC(=O)SC[C@H](NC(=O)CC)C(=O)N(CC)CC)C(=O)N(CC)CC.O=C(CCC(=O)ON1C(=O)CCC1=O)ON1C(=O)CCC1=O. The number of ketones is 2. The molecule has 0 aromatic rings. The Balaban J connectivity index is 0.00000118. The van der Waals surface area contributed by atoms with Crippen molar-refractivity contribution >= 4 is 117 Å². The van der Waals surface area contributed by atoms with Crippen LogP contribution >= 0.6 is 36.2 Å². The fourth-order valence-electron chi connectivity index (χ4n) is 6.63. The molecule has 0 spiro atoms. The number of carbonyl (C=O) groups is 14. The van der Waals surface area contributed by atoms with Gasteiger partial charge in [-0.3, -0.25) is 57.5 Å². The summed E-state index contributed by atoms with van der Waals surface area (Å²) in [5.74, 6) is -5.01. The van der Waals surface area contributed by atoms with Gasteiger partial charge in [0.1, 0.15) is 17.6 Å². The summed E-state index contributed by atoms with van der Waals surface area (Å²) in [6.45, 7) is 20.0. The number of thioether (sulfide) groups is 2. The molecule has 3 atom stereocenters. The minimum Gasteiger partial charge on any atom is -0.344 e. The summed E-state index contributed by atoms with van der Waals surface area (Å²) < 4.78 is 0. The van der Waals surface area contributed by atoms with Crippen molar-refractivity contribution < 1.29 is 76.8 Å². The second kappa shape index (κ2) is 37.5. The maximum absolute atomic E-state index is 12.8. The van der Waals surface area contributed by atoms with Gasteiger partial charge < -0.3 is 29.7 Å². The zero-order valence-electron chi connectivity index (χ0n) is 43.8. The average Bonchev–Trinajstić information content (AvgIpc) is 3.87. The zero-order valence-corrected chi connectivity index (χ0v) is 46.3. The van der Waals surface area contributed by atoms with Gasteiger partial charge in [0, 0.05) is 127 Å². The van der Waals surface area contributed by atoms with Crippen molar-refractivity contribution in [2.75, 3.05) is 56.5 Å². The van der Waals surface area contributed by atoms with Crippen LogP contribution in [-0.4, -0.2) is 168 Å². The van der Waals surface area contributed by atoms with E-state index in [-0.39, 0.29) is 114 Å². The van der Waals surface area contributed by atoms with Crippen molar-refractivity contribution in [3.8, 4) is 0 Å². The maximum Gasteiger partial charge on any atom is 0.333 e. The van der Waals surface area contributed by atoms with Gasteiger partial charge in [0.25, 0.3) is 23.6 Å². The van der Waals surface area contributed by atoms with Gasteiger partial charge in [0.15, 0.2) is 10.2 Å². The summed E-state index contributed by atoms with van der Waals surface area (Å²) in [5.41, 5.74) is 0. The number of carbonyl (C=O) groups excluding carboxylic acids is 14. The monoisotopic (exact) mass is 1090 g/mol. The molecule has 0 radical (unpaired) electrons. The van der Waals surface area contributed by atoms with Crippen LogP contribution in [0.3, 0.4) is 0 Å². The van der Waals surface area contributed by atoms with Crippen LogP contribution < -0.4 is 5.32 Å². The number of imide groups is 2. The Hall–Kier alpha value is -5.17. The van der Waals surface area contributed by atoms with E-state index in [1.165, 1.54) is 0 Å². The van der Waals surface area contributed by atoms with E-state index in [0.29, 0.717) is 74.4 Å². The third-order valence-electron chi connectivity index (χ3n) is 11.2. The van der Waals surface area contributed by atoms with Gasteiger partial charge in [0.05, 0.1) is 24.7 Å². The minimum absolute atomic E-state index is 0.000379. The van der Waals surface area contributed by atoms with Crippen molar-refractivity contribution in [1.82, 2.24) is 30.1 Å². The minimum atomic E-state index is -0.973. The average molecular weight is 1090 g/mol. The van der Waals surface area contributed by atoms with E-state index in [2.05, 4.69) is 27.6 Å². The molecule has 2 rings (SSSR count). The number of hydrogen-bond donors (Lipinski definition) is 2. The Kier molecular flexibility index (Phi) is 34.9. The van der Waals surface area contributed by atoms with Gasteiger partial charge in [-0.1, -0.05) is 44.3 Å². The van der Waals surface area contributed by atoms with Crippen LogP contribution in [0.2, 0.25) is 0 Å². The number of amides is 8. The first-order chi connectivity index (χ1) is 34.6. The lowest BCUT2D eigenvalue weighted by Gasteiger charge is -2.25. The molecule has 412 valence electrons. The van der Waals surface area contributed by atoms with Gasteiger partial charge in [-0.2, -0.15) is 12.6 Å². The fraction of sp³-hybridized carbons (Fsp3) is 0.708. The molecule has 0 unspecified atom stereocenters. The highest BCUT2D eigenvalue weighted by Crippen LogP contribution is 2.21. The lowest BCUT2D eigenvalue weighted by atomic mass is 10.0. The van der Waals surface area contributed by atoms with Crippen LogP contribution in [0.4, 0.5) is 0 Å². The molecule has 0 aromatic carbocycles. The Morgan fingerprint density at radius 1 is 0.507 bits per heavy atom. The maximum atomic E-state index is 12.8. The molecule has 2 aliphatic rings. The molecule has 0 bridgehead atoms. The number of hydroxylamine groups is 4. The van der Waals surface area contributed by atoms with Crippen LogP contribution in [0.1, 0.15) is 146 Å². The third kappa shape index (κ3) is 25.6. The van der Waals surface area contributed by atoms with E-state index in [1.54, 1.807) is 28.5 Å². The summed E-state index contributed by atoms with van der Waals surface area (Å²) in [4.78, 5) is 179. The molecule has 0 saturated carbocycles. The van der Waals surface area contributed by atoms with Gasteiger partial charge in [-0.05, 0) is 41.5 Å². The number of nitrogens with zero attached hydrogens (tertiary/aromatic N) is 5. The number of Topliss-reactive ketones (excluding diaryl/α,β-unsaturated/α-hetero) is 2. The van der Waals surface area contributed by atoms with Gasteiger partial charge >= 0.3 is 11.9 Å². The van der Waals surface area contributed by atoms with E-state index in [0.717, 1.165) is 23.5 Å². The second-order valence-electron chi connectivity index (χ2n) is 16.2. The van der Waals surface area contributed by atoms with Crippen LogP contribution in [0.25, 0.3) is 0 Å².